The Labute approximate surface area is 185 Å². The van der Waals surface area contributed by atoms with Crippen LogP contribution >= 0.6 is 15.9 Å². The lowest BCUT2D eigenvalue weighted by molar-refractivity contribution is -0.130. The number of rotatable bonds is 4. The predicted octanol–water partition coefficient (Wildman–Crippen LogP) is 3.23. The lowest BCUT2D eigenvalue weighted by Gasteiger charge is -2.36. The van der Waals surface area contributed by atoms with Crippen LogP contribution in [0.25, 0.3) is 0 Å². The number of benzene rings is 2. The molecule has 1 aliphatic rings. The number of nitrogens with zero attached hydrogens (tertiary/aromatic N) is 3. The molecule has 0 N–H and O–H groups in total. The maximum Gasteiger partial charge on any atom is 0.334 e. The molecule has 1 fully saturated rings. The third-order valence-corrected chi connectivity index (χ3v) is 7.32. The molecule has 0 bridgehead atoms. The standard InChI is InChI=1S/C21H24BrN3O4S/c1-16-3-9-20(10-4-16)30(28,29)25(15-18-5-7-19(22)8-6-18)21(27)24-13-11-23(12-14-24)17(2)26/h3-10H,11-15H2,1-2H3. The highest BCUT2D eigenvalue weighted by Crippen LogP contribution is 2.22. The Morgan fingerprint density at radius 3 is 2.00 bits per heavy atom. The van der Waals surface area contributed by atoms with Gasteiger partial charge in [0.15, 0.2) is 0 Å². The van der Waals surface area contributed by atoms with Gasteiger partial charge in [-0.2, -0.15) is 0 Å². The molecule has 0 unspecified atom stereocenters. The van der Waals surface area contributed by atoms with Crippen LogP contribution in [0.3, 0.4) is 0 Å². The van der Waals surface area contributed by atoms with Crippen molar-refractivity contribution in [3.8, 4) is 0 Å². The number of urea groups is 1. The predicted molar refractivity (Wildman–Crippen MR) is 117 cm³/mol. The van der Waals surface area contributed by atoms with Crippen LogP contribution in [0.2, 0.25) is 0 Å². The van der Waals surface area contributed by atoms with Gasteiger partial charge < -0.3 is 9.80 Å². The van der Waals surface area contributed by atoms with Crippen LogP contribution in [0, 0.1) is 6.92 Å². The highest BCUT2D eigenvalue weighted by Gasteiger charge is 2.34. The Morgan fingerprint density at radius 1 is 0.933 bits per heavy atom. The Bertz CT molecular complexity index is 1020. The summed E-state index contributed by atoms with van der Waals surface area (Å²) >= 11 is 3.36. The summed E-state index contributed by atoms with van der Waals surface area (Å²) in [5.74, 6) is -0.0545. The number of hydrogen-bond acceptors (Lipinski definition) is 4. The first kappa shape index (κ1) is 22.3. The van der Waals surface area contributed by atoms with Crippen molar-refractivity contribution in [2.75, 3.05) is 26.2 Å². The van der Waals surface area contributed by atoms with Crippen molar-refractivity contribution >= 4 is 37.9 Å². The van der Waals surface area contributed by atoms with Gasteiger partial charge in [0.25, 0.3) is 10.0 Å². The molecule has 2 aromatic carbocycles. The number of carbonyl (C=O) groups is 2. The van der Waals surface area contributed by atoms with Gasteiger partial charge in [0.1, 0.15) is 0 Å². The first-order valence-corrected chi connectivity index (χ1v) is 11.8. The van der Waals surface area contributed by atoms with E-state index in [1.165, 1.54) is 24.0 Å². The van der Waals surface area contributed by atoms with Gasteiger partial charge in [0.05, 0.1) is 11.4 Å². The van der Waals surface area contributed by atoms with Gasteiger partial charge in [0, 0.05) is 37.6 Å². The van der Waals surface area contributed by atoms with E-state index >= 15 is 0 Å². The fourth-order valence-electron chi connectivity index (χ4n) is 3.22. The third-order valence-electron chi connectivity index (χ3n) is 5.06. The minimum atomic E-state index is -4.05. The summed E-state index contributed by atoms with van der Waals surface area (Å²) in [5.41, 5.74) is 1.63. The number of piperazine rings is 1. The van der Waals surface area contributed by atoms with Crippen molar-refractivity contribution in [1.29, 1.82) is 0 Å². The Balaban J connectivity index is 1.91. The number of aryl methyl sites for hydroxylation is 1. The zero-order valence-corrected chi connectivity index (χ0v) is 19.3. The number of halogens is 1. The zero-order chi connectivity index (χ0) is 21.9. The Morgan fingerprint density at radius 2 is 1.47 bits per heavy atom. The van der Waals surface area contributed by atoms with Crippen LogP contribution in [0.1, 0.15) is 18.1 Å². The summed E-state index contributed by atoms with van der Waals surface area (Å²) in [6.07, 6.45) is 0. The smallest absolute Gasteiger partial charge is 0.334 e. The molecular weight excluding hydrogens is 470 g/mol. The number of carbonyl (C=O) groups excluding carboxylic acids is 2. The molecule has 160 valence electrons. The van der Waals surface area contributed by atoms with E-state index in [9.17, 15) is 18.0 Å². The summed E-state index contributed by atoms with van der Waals surface area (Å²) in [7, 11) is -4.05. The molecule has 1 aliphatic heterocycles. The van der Waals surface area contributed by atoms with Gasteiger partial charge in [-0.05, 0) is 36.8 Å². The molecule has 0 radical (unpaired) electrons. The van der Waals surface area contributed by atoms with Gasteiger partial charge in [-0.1, -0.05) is 45.8 Å². The number of hydrogen-bond donors (Lipinski definition) is 0. The molecule has 9 heteroatoms. The van der Waals surface area contributed by atoms with E-state index < -0.39 is 16.1 Å². The van der Waals surface area contributed by atoms with Crippen LogP contribution in [0.4, 0.5) is 4.79 Å². The van der Waals surface area contributed by atoms with Gasteiger partial charge in [-0.3, -0.25) is 4.79 Å². The van der Waals surface area contributed by atoms with Crippen LogP contribution < -0.4 is 0 Å². The van der Waals surface area contributed by atoms with Gasteiger partial charge >= 0.3 is 6.03 Å². The van der Waals surface area contributed by atoms with Crippen molar-refractivity contribution in [1.82, 2.24) is 14.1 Å². The van der Waals surface area contributed by atoms with Crippen molar-refractivity contribution in [3.05, 3.63) is 64.1 Å². The molecule has 0 atom stereocenters. The number of amides is 3. The highest BCUT2D eigenvalue weighted by atomic mass is 79.9. The monoisotopic (exact) mass is 493 g/mol. The summed E-state index contributed by atoms with van der Waals surface area (Å²) in [4.78, 5) is 28.1. The average molecular weight is 494 g/mol. The van der Waals surface area contributed by atoms with E-state index in [1.54, 1.807) is 29.2 Å². The van der Waals surface area contributed by atoms with Crippen molar-refractivity contribution in [2.45, 2.75) is 25.3 Å². The lowest BCUT2D eigenvalue weighted by Crippen LogP contribution is -2.54. The number of sulfonamides is 1. The summed E-state index contributed by atoms with van der Waals surface area (Å²) < 4.78 is 28.5. The van der Waals surface area contributed by atoms with E-state index in [4.69, 9.17) is 0 Å². The van der Waals surface area contributed by atoms with Crippen molar-refractivity contribution in [3.63, 3.8) is 0 Å². The van der Waals surface area contributed by atoms with Crippen LogP contribution in [0.5, 0.6) is 0 Å². The van der Waals surface area contributed by atoms with Crippen LogP contribution in [0.15, 0.2) is 57.9 Å². The third kappa shape index (κ3) is 5.02. The minimum absolute atomic E-state index is 0.0545. The van der Waals surface area contributed by atoms with Crippen molar-refractivity contribution in [2.24, 2.45) is 0 Å². The second-order valence-corrected chi connectivity index (χ2v) is 10.0. The van der Waals surface area contributed by atoms with E-state index in [0.29, 0.717) is 31.7 Å². The molecule has 0 aromatic heterocycles. The SMILES string of the molecule is CC(=O)N1CCN(C(=O)N(Cc2ccc(Br)cc2)S(=O)(=O)c2ccc(C)cc2)CC1. The molecule has 1 heterocycles. The van der Waals surface area contributed by atoms with Crippen molar-refractivity contribution < 1.29 is 18.0 Å². The van der Waals surface area contributed by atoms with Crippen LogP contribution in [-0.4, -0.2) is 60.6 Å². The highest BCUT2D eigenvalue weighted by molar-refractivity contribution is 9.10. The molecule has 0 aliphatic carbocycles. The van der Waals surface area contributed by atoms with Crippen LogP contribution in [-0.2, 0) is 21.4 Å². The summed E-state index contributed by atoms with van der Waals surface area (Å²) in [5, 5.41) is 0. The zero-order valence-electron chi connectivity index (χ0n) is 16.9. The van der Waals surface area contributed by atoms with Gasteiger partial charge in [0.2, 0.25) is 5.91 Å². The fraction of sp³-hybridized carbons (Fsp3) is 0.333. The van der Waals surface area contributed by atoms with Gasteiger partial charge in [-0.15, -0.1) is 0 Å². The Hall–Kier alpha value is -2.39. The molecular formula is C21H24BrN3O4S. The fourth-order valence-corrected chi connectivity index (χ4v) is 4.86. The second-order valence-electron chi connectivity index (χ2n) is 7.23. The van der Waals surface area contributed by atoms with E-state index in [-0.39, 0.29) is 17.3 Å². The molecule has 30 heavy (non-hydrogen) atoms. The molecule has 0 spiro atoms. The lowest BCUT2D eigenvalue weighted by atomic mass is 10.2. The largest absolute Gasteiger partial charge is 0.339 e. The molecule has 0 saturated carbocycles. The molecule has 2 aromatic rings. The summed E-state index contributed by atoms with van der Waals surface area (Å²) in [6.45, 7) is 4.64. The maximum absolute atomic E-state index is 13.4. The Kier molecular flexibility index (Phi) is 6.82. The molecule has 1 saturated heterocycles. The maximum atomic E-state index is 13.4. The van der Waals surface area contributed by atoms with E-state index in [1.807, 2.05) is 19.1 Å². The summed E-state index contributed by atoms with van der Waals surface area (Å²) in [6, 6.07) is 13.0. The first-order chi connectivity index (χ1) is 14.2. The molecule has 3 amide bonds. The molecule has 3 rings (SSSR count). The topological polar surface area (TPSA) is 78.0 Å². The molecule has 7 nitrogen and oxygen atoms in total. The van der Waals surface area contributed by atoms with E-state index in [2.05, 4.69) is 15.9 Å². The van der Waals surface area contributed by atoms with E-state index in [0.717, 1.165) is 14.3 Å². The normalized spacial score (nSPS) is 14.5. The first-order valence-electron chi connectivity index (χ1n) is 9.57. The van der Waals surface area contributed by atoms with Gasteiger partial charge in [-0.25, -0.2) is 17.5 Å². The average Bonchev–Trinajstić information content (AvgIpc) is 2.73. The minimum Gasteiger partial charge on any atom is -0.339 e. The quantitative estimate of drug-likeness (QED) is 0.654. The second kappa shape index (κ2) is 9.18.